The van der Waals surface area contributed by atoms with E-state index in [1.54, 1.807) is 0 Å². The predicted molar refractivity (Wildman–Crippen MR) is 212 cm³/mol. The van der Waals surface area contributed by atoms with Gasteiger partial charge in [-0.3, -0.25) is 0 Å². The minimum atomic E-state index is -1.51. The van der Waals surface area contributed by atoms with Gasteiger partial charge in [0.25, 0.3) is 0 Å². The molecule has 0 radical (unpaired) electrons. The van der Waals surface area contributed by atoms with Gasteiger partial charge in [0.15, 0.2) is 12.6 Å². The van der Waals surface area contributed by atoms with Gasteiger partial charge in [-0.05, 0) is 34.7 Å². The van der Waals surface area contributed by atoms with Crippen molar-refractivity contribution in [1.82, 2.24) is 0 Å². The van der Waals surface area contributed by atoms with Crippen molar-refractivity contribution < 1.29 is 48.1 Å². The number of aliphatic hydroxyl groups excluding tert-OH is 2. The molecule has 0 aliphatic carbocycles. The molecule has 57 heavy (non-hydrogen) atoms. The van der Waals surface area contributed by atoms with Crippen molar-refractivity contribution in [2.45, 2.75) is 101 Å². The molecule has 2 aliphatic rings. The van der Waals surface area contributed by atoms with Crippen molar-refractivity contribution in [3.05, 3.63) is 179 Å². The predicted octanol–water partition coefficient (Wildman–Crippen LogP) is 6.75. The summed E-state index contributed by atoms with van der Waals surface area (Å²) in [5, 5.41) is 22.2. The maximum Gasteiger partial charge on any atom is 0.187 e. The van der Waals surface area contributed by atoms with Crippen molar-refractivity contribution in [2.75, 3.05) is 6.61 Å². The van der Waals surface area contributed by atoms with Gasteiger partial charge < -0.3 is 48.1 Å². The molecule has 2 N–H and O–H groups in total. The number of rotatable bonds is 18. The fourth-order valence-corrected chi connectivity index (χ4v) is 7.24. The van der Waals surface area contributed by atoms with Crippen molar-refractivity contribution in [1.29, 1.82) is 0 Å². The molecule has 2 aliphatic heterocycles. The molecule has 300 valence electrons. The molecule has 5 aromatic carbocycles. The molecule has 7 rings (SSSR count). The molecule has 2 heterocycles. The summed E-state index contributed by atoms with van der Waals surface area (Å²) in [4.78, 5) is 0. The van der Waals surface area contributed by atoms with E-state index in [1.807, 2.05) is 159 Å². The fourth-order valence-electron chi connectivity index (χ4n) is 7.24. The Balaban J connectivity index is 1.20. The Labute approximate surface area is 334 Å². The summed E-state index contributed by atoms with van der Waals surface area (Å²) in [6, 6.07) is 49.2. The lowest BCUT2D eigenvalue weighted by atomic mass is 9.96. The topological polar surface area (TPSA) is 114 Å². The second-order valence-corrected chi connectivity index (χ2v) is 14.4. The first-order chi connectivity index (χ1) is 28.1. The van der Waals surface area contributed by atoms with Crippen LogP contribution in [0, 0.1) is 0 Å². The first-order valence-corrected chi connectivity index (χ1v) is 19.6. The molecular weight excluding hydrogens is 725 g/mol. The van der Waals surface area contributed by atoms with Crippen LogP contribution in [-0.2, 0) is 70.9 Å². The normalized spacial score (nSPS) is 27.6. The summed E-state index contributed by atoms with van der Waals surface area (Å²) in [6.07, 6.45) is -8.96. The van der Waals surface area contributed by atoms with Crippen LogP contribution < -0.4 is 0 Å². The first kappa shape index (κ1) is 40.9. The zero-order valence-electron chi connectivity index (χ0n) is 32.1. The first-order valence-electron chi connectivity index (χ1n) is 19.6. The Kier molecular flexibility index (Phi) is 15.0. The number of aliphatic hydroxyl groups is 2. The highest BCUT2D eigenvalue weighted by Gasteiger charge is 2.53. The van der Waals surface area contributed by atoms with Crippen LogP contribution in [0.25, 0.3) is 0 Å². The molecule has 2 saturated heterocycles. The summed E-state index contributed by atoms with van der Waals surface area (Å²) < 4.78 is 52.8. The summed E-state index contributed by atoms with van der Waals surface area (Å²) >= 11 is 0. The van der Waals surface area contributed by atoms with Crippen LogP contribution in [0.4, 0.5) is 0 Å². The molecule has 0 unspecified atom stereocenters. The summed E-state index contributed by atoms with van der Waals surface area (Å²) in [5.74, 6) is 0. The molecule has 10 atom stereocenters. The molecule has 0 amide bonds. The Morgan fingerprint density at radius 3 is 1.14 bits per heavy atom. The Hall–Kier alpha value is -4.30. The quantitative estimate of drug-likeness (QED) is 0.0991. The van der Waals surface area contributed by atoms with E-state index in [0.717, 1.165) is 27.8 Å². The second-order valence-electron chi connectivity index (χ2n) is 14.4. The average Bonchev–Trinajstić information content (AvgIpc) is 3.26. The largest absolute Gasteiger partial charge is 0.394 e. The van der Waals surface area contributed by atoms with Gasteiger partial charge in [0, 0.05) is 0 Å². The standard InChI is InChI=1S/C47H52O10/c1-33-40(50-28-34-17-7-2-8-18-34)42(52-30-36-21-11-4-12-22-36)45(54-32-38-25-15-6-16-26-38)47(55-33)57-44-43(53-31-37-23-13-5-14-24-37)41(39(27-48)56-46(44)49)51-29-35-19-9-3-10-20-35/h2-26,33,39-49H,27-32H2,1H3/t33-,39+,40+,41-,42+,43-,44+,45-,46+,47-/m0/s1. The fraction of sp³-hybridized carbons (Fsp3) is 0.362. The van der Waals surface area contributed by atoms with Gasteiger partial charge >= 0.3 is 0 Å². The van der Waals surface area contributed by atoms with E-state index in [1.165, 1.54) is 0 Å². The van der Waals surface area contributed by atoms with Crippen LogP contribution in [0.1, 0.15) is 34.7 Å². The minimum absolute atomic E-state index is 0.190. The van der Waals surface area contributed by atoms with E-state index in [4.69, 9.17) is 37.9 Å². The van der Waals surface area contributed by atoms with E-state index in [9.17, 15) is 10.2 Å². The highest BCUT2D eigenvalue weighted by atomic mass is 16.8. The molecular formula is C47H52O10. The van der Waals surface area contributed by atoms with Crippen LogP contribution >= 0.6 is 0 Å². The molecule has 0 saturated carbocycles. The van der Waals surface area contributed by atoms with Gasteiger partial charge in [-0.2, -0.15) is 0 Å². The third kappa shape index (κ3) is 11.2. The molecule has 0 aromatic heterocycles. The van der Waals surface area contributed by atoms with Gasteiger partial charge in [0.1, 0.15) is 42.7 Å². The van der Waals surface area contributed by atoms with Crippen molar-refractivity contribution in [3.8, 4) is 0 Å². The average molecular weight is 777 g/mol. The molecule has 5 aromatic rings. The van der Waals surface area contributed by atoms with Crippen LogP contribution in [0.5, 0.6) is 0 Å². The Morgan fingerprint density at radius 2 is 0.754 bits per heavy atom. The van der Waals surface area contributed by atoms with Gasteiger partial charge in [0.05, 0.1) is 45.7 Å². The smallest absolute Gasteiger partial charge is 0.187 e. The lowest BCUT2D eigenvalue weighted by Gasteiger charge is -2.49. The number of ether oxygens (including phenoxy) is 8. The summed E-state index contributed by atoms with van der Waals surface area (Å²) in [7, 11) is 0. The highest BCUT2D eigenvalue weighted by Crippen LogP contribution is 2.35. The molecule has 10 nitrogen and oxygen atoms in total. The number of benzene rings is 5. The van der Waals surface area contributed by atoms with E-state index in [2.05, 4.69) is 0 Å². The Morgan fingerprint density at radius 1 is 0.421 bits per heavy atom. The number of hydrogen-bond acceptors (Lipinski definition) is 10. The third-order valence-corrected chi connectivity index (χ3v) is 10.2. The highest BCUT2D eigenvalue weighted by molar-refractivity contribution is 5.17. The molecule has 0 bridgehead atoms. The van der Waals surface area contributed by atoms with Crippen molar-refractivity contribution in [2.24, 2.45) is 0 Å². The van der Waals surface area contributed by atoms with Gasteiger partial charge in [-0.1, -0.05) is 152 Å². The maximum atomic E-state index is 11.7. The summed E-state index contributed by atoms with van der Waals surface area (Å²) in [5.41, 5.74) is 4.78. The molecule has 10 heteroatoms. The molecule has 0 spiro atoms. The van der Waals surface area contributed by atoms with Crippen molar-refractivity contribution in [3.63, 3.8) is 0 Å². The van der Waals surface area contributed by atoms with Gasteiger partial charge in [-0.15, -0.1) is 0 Å². The van der Waals surface area contributed by atoms with Crippen molar-refractivity contribution >= 4 is 0 Å². The third-order valence-electron chi connectivity index (χ3n) is 10.2. The lowest BCUT2D eigenvalue weighted by Crippen LogP contribution is -2.65. The minimum Gasteiger partial charge on any atom is -0.394 e. The van der Waals surface area contributed by atoms with Gasteiger partial charge in [0.2, 0.25) is 0 Å². The van der Waals surface area contributed by atoms with Gasteiger partial charge in [-0.25, -0.2) is 0 Å². The van der Waals surface area contributed by atoms with Crippen LogP contribution in [0.3, 0.4) is 0 Å². The van der Waals surface area contributed by atoms with Crippen LogP contribution in [0.15, 0.2) is 152 Å². The van der Waals surface area contributed by atoms with E-state index in [0.29, 0.717) is 6.61 Å². The van der Waals surface area contributed by atoms with E-state index < -0.39 is 68.0 Å². The SMILES string of the molecule is C[C@@H]1O[C@@H](O[C@@H]2[C@@H](OCc3ccccc3)[C@@H](OCc3ccccc3)[C@@H](CO)O[C@H]2O)[C@@H](OCc2ccccc2)[C@H](OCc2ccccc2)[C@@H]1OCc1ccccc1. The lowest BCUT2D eigenvalue weighted by molar-refractivity contribution is -0.375. The van der Waals surface area contributed by atoms with E-state index in [-0.39, 0.29) is 26.4 Å². The van der Waals surface area contributed by atoms with Crippen LogP contribution in [0.2, 0.25) is 0 Å². The van der Waals surface area contributed by atoms with Crippen LogP contribution in [-0.4, -0.2) is 78.2 Å². The number of hydrogen-bond donors (Lipinski definition) is 2. The Bertz CT molecular complexity index is 1850. The van der Waals surface area contributed by atoms with E-state index >= 15 is 0 Å². The molecule has 2 fully saturated rings. The second kappa shape index (κ2) is 20.9. The zero-order chi connectivity index (χ0) is 39.2. The monoisotopic (exact) mass is 776 g/mol. The summed E-state index contributed by atoms with van der Waals surface area (Å²) in [6.45, 7) is 2.76. The zero-order valence-corrected chi connectivity index (χ0v) is 32.1. The maximum absolute atomic E-state index is 11.7.